The smallest absolute Gasteiger partial charge is 0.329 e. The number of ketones is 2. The van der Waals surface area contributed by atoms with Crippen molar-refractivity contribution in [2.75, 3.05) is 26.4 Å². The Labute approximate surface area is 339 Å². The number of hydrogen-bond donors (Lipinski definition) is 2. The van der Waals surface area contributed by atoms with Crippen molar-refractivity contribution in [1.82, 2.24) is 5.32 Å². The number of amides is 1. The molecule has 4 aliphatic rings. The zero-order valence-electron chi connectivity index (χ0n) is 33.8. The second-order valence-corrected chi connectivity index (χ2v) is 16.2. The minimum absolute atomic E-state index is 0.0195. The summed E-state index contributed by atoms with van der Waals surface area (Å²) >= 11 is 0. The largest absolute Gasteiger partial charge is 0.464 e. The van der Waals surface area contributed by atoms with E-state index in [0.29, 0.717) is 12.0 Å². The summed E-state index contributed by atoms with van der Waals surface area (Å²) < 4.78 is 34.4. The Morgan fingerprint density at radius 1 is 0.966 bits per heavy atom. The Hall–Kier alpha value is -5.01. The zero-order chi connectivity index (χ0) is 43.8. The third-order valence-corrected chi connectivity index (χ3v) is 12.7. The number of rotatable bonds is 22. The molecule has 0 heterocycles. The summed E-state index contributed by atoms with van der Waals surface area (Å²) in [4.78, 5) is 108. The first-order valence-electron chi connectivity index (χ1n) is 20.0. The molecule has 4 aliphatic carbocycles. The summed E-state index contributed by atoms with van der Waals surface area (Å²) in [5.74, 6) is -6.70. The molecule has 59 heavy (non-hydrogen) atoms. The van der Waals surface area contributed by atoms with E-state index in [4.69, 9.17) is 14.2 Å². The molecule has 19 nitrogen and oxygen atoms in total. The lowest BCUT2D eigenvalue weighted by atomic mass is 9.45. The van der Waals surface area contributed by atoms with Gasteiger partial charge in [-0.1, -0.05) is 44.9 Å². The number of aliphatic hydroxyl groups excluding tert-OH is 1. The monoisotopic (exact) mass is 839 g/mol. The van der Waals surface area contributed by atoms with Crippen LogP contribution in [0.25, 0.3) is 0 Å². The summed E-state index contributed by atoms with van der Waals surface area (Å²) in [5.41, 5.74) is -6.25. The van der Waals surface area contributed by atoms with Crippen molar-refractivity contribution in [3.63, 3.8) is 0 Å². The second kappa shape index (κ2) is 19.4. The van der Waals surface area contributed by atoms with Gasteiger partial charge in [-0.2, -0.15) is 0 Å². The third kappa shape index (κ3) is 9.73. The van der Waals surface area contributed by atoms with Gasteiger partial charge in [0.25, 0.3) is 10.2 Å². The number of alkyl halides is 1. The highest BCUT2D eigenvalue weighted by molar-refractivity contribution is 5.95. The molecule has 0 aromatic carbocycles. The Balaban J connectivity index is 1.50. The van der Waals surface area contributed by atoms with Crippen LogP contribution >= 0.6 is 0 Å². The second-order valence-electron chi connectivity index (χ2n) is 16.2. The zero-order valence-corrected chi connectivity index (χ0v) is 33.8. The van der Waals surface area contributed by atoms with Gasteiger partial charge in [-0.15, -0.1) is 20.2 Å². The Morgan fingerprint density at radius 2 is 1.61 bits per heavy atom. The van der Waals surface area contributed by atoms with E-state index in [2.05, 4.69) is 15.0 Å². The van der Waals surface area contributed by atoms with Crippen molar-refractivity contribution < 1.29 is 72.3 Å². The Bertz CT molecular complexity index is 1720. The summed E-state index contributed by atoms with van der Waals surface area (Å²) in [5, 5.41) is 33.0. The molecular formula is C39H54FN3O16. The van der Waals surface area contributed by atoms with Crippen molar-refractivity contribution in [3.05, 3.63) is 44.0 Å². The van der Waals surface area contributed by atoms with E-state index in [1.54, 1.807) is 20.8 Å². The molecule has 0 aliphatic heterocycles. The molecule has 0 aromatic heterocycles. The molecule has 0 aromatic rings. The van der Waals surface area contributed by atoms with E-state index in [-0.39, 0.29) is 89.8 Å². The van der Waals surface area contributed by atoms with E-state index < -0.39 is 105 Å². The van der Waals surface area contributed by atoms with Gasteiger partial charge in [0.15, 0.2) is 23.7 Å². The highest BCUT2D eigenvalue weighted by Crippen LogP contribution is 2.71. The summed E-state index contributed by atoms with van der Waals surface area (Å²) in [7, 11) is 0. The van der Waals surface area contributed by atoms with Crippen LogP contribution in [0.1, 0.15) is 105 Å². The first kappa shape index (κ1) is 46.7. The van der Waals surface area contributed by atoms with E-state index >= 15 is 4.39 Å². The van der Waals surface area contributed by atoms with Gasteiger partial charge in [0.05, 0.1) is 32.3 Å². The van der Waals surface area contributed by atoms with Gasteiger partial charge in [-0.25, -0.2) is 9.18 Å². The number of halogens is 1. The van der Waals surface area contributed by atoms with Gasteiger partial charge >= 0.3 is 17.9 Å². The van der Waals surface area contributed by atoms with Gasteiger partial charge < -0.3 is 34.3 Å². The SMILES string of the molecule is CCC(=O)O[C@]1(C(=O)COC(=O)CC(NC(=O)CCCCCO[N+](=O)[O-])C(=O)OCCCCO[N+](=O)[O-])[C@@H](C)C[C@H]2[C@@H]3CC=C4CC(=O)C=C[C@]4(C)[C@@]3(F)[C@@H](O)C[C@@]21C. The van der Waals surface area contributed by atoms with Crippen molar-refractivity contribution in [2.45, 2.75) is 128 Å². The Kier molecular flexibility index (Phi) is 15.3. The molecule has 0 radical (unpaired) electrons. The number of nitrogens with zero attached hydrogens (tertiary/aromatic N) is 2. The van der Waals surface area contributed by atoms with Gasteiger partial charge in [-0.3, -0.25) is 24.0 Å². The number of hydrogen-bond acceptors (Lipinski definition) is 16. The van der Waals surface area contributed by atoms with Crippen LogP contribution in [0, 0.1) is 48.8 Å². The number of carbonyl (C=O) groups excluding carboxylic acids is 6. The third-order valence-electron chi connectivity index (χ3n) is 12.7. The minimum atomic E-state index is -2.22. The molecule has 2 N–H and O–H groups in total. The van der Waals surface area contributed by atoms with Gasteiger partial charge in [-0.05, 0) is 63.9 Å². The topological polar surface area (TPSA) is 267 Å². The molecule has 1 unspecified atom stereocenters. The highest BCUT2D eigenvalue weighted by atomic mass is 19.1. The summed E-state index contributed by atoms with van der Waals surface area (Å²) in [6.07, 6.45) is 3.29. The maximum Gasteiger partial charge on any atom is 0.329 e. The lowest BCUT2D eigenvalue weighted by molar-refractivity contribution is -0.757. The van der Waals surface area contributed by atoms with Crippen LogP contribution in [-0.2, 0) is 52.7 Å². The maximum atomic E-state index is 17.8. The predicted molar refractivity (Wildman–Crippen MR) is 199 cm³/mol. The quantitative estimate of drug-likeness (QED) is 0.0394. The number of nitrogens with one attached hydrogen (secondary N) is 1. The molecule has 0 spiro atoms. The molecule has 2 saturated carbocycles. The number of Topliss-reactive ketones (excluding diaryl/α,β-unsaturated/α-hetero) is 1. The molecule has 4 rings (SSSR count). The fraction of sp³-hybridized carbons (Fsp3) is 0.744. The molecule has 2 fully saturated rings. The molecule has 9 atom stereocenters. The van der Waals surface area contributed by atoms with Crippen LogP contribution in [0.5, 0.6) is 0 Å². The standard InChI is InChI=1S/C39H54FN3O16/c1-5-33(48)59-39(24(2)19-28-27-13-12-25-20-26(44)14-15-36(25,3)38(27,40)30(45)22-37(28,39)4)31(46)23-56-34(49)21-29(35(50)55-16-9-10-18-58-43(53)54)41-32(47)11-7-6-8-17-57-42(51)52/h12,14-15,24,27-30,45H,5-11,13,16-23H2,1-4H3,(H,41,47)/t24-,27-,28-,29?,30-,36-,37-,38-,39-/m0/s1. The van der Waals surface area contributed by atoms with E-state index in [0.717, 1.165) is 0 Å². The number of aliphatic hydroxyl groups is 1. The number of esters is 3. The average molecular weight is 840 g/mol. The highest BCUT2D eigenvalue weighted by Gasteiger charge is 2.77. The molecule has 20 heteroatoms. The lowest BCUT2D eigenvalue weighted by Crippen LogP contribution is -2.69. The van der Waals surface area contributed by atoms with Crippen LogP contribution in [-0.4, -0.2) is 101 Å². The van der Waals surface area contributed by atoms with Gasteiger partial charge in [0.1, 0.15) is 6.04 Å². The number of allylic oxidation sites excluding steroid dienone is 4. The van der Waals surface area contributed by atoms with Crippen LogP contribution in [0.2, 0.25) is 0 Å². The van der Waals surface area contributed by atoms with Crippen molar-refractivity contribution in [2.24, 2.45) is 28.6 Å². The van der Waals surface area contributed by atoms with Crippen molar-refractivity contribution >= 4 is 35.4 Å². The van der Waals surface area contributed by atoms with Crippen LogP contribution in [0.3, 0.4) is 0 Å². The number of ether oxygens (including phenoxy) is 3. The lowest BCUT2D eigenvalue weighted by Gasteiger charge is -2.62. The first-order chi connectivity index (χ1) is 27.8. The van der Waals surface area contributed by atoms with E-state index in [9.17, 15) is 54.1 Å². The fourth-order valence-corrected chi connectivity index (χ4v) is 9.82. The first-order valence-corrected chi connectivity index (χ1v) is 20.0. The van der Waals surface area contributed by atoms with E-state index in [1.165, 1.54) is 19.1 Å². The maximum absolute atomic E-state index is 17.8. The predicted octanol–water partition coefficient (Wildman–Crippen LogP) is 3.58. The minimum Gasteiger partial charge on any atom is -0.464 e. The average Bonchev–Trinajstić information content (AvgIpc) is 3.38. The van der Waals surface area contributed by atoms with Gasteiger partial charge in [0.2, 0.25) is 11.7 Å². The summed E-state index contributed by atoms with van der Waals surface area (Å²) in [6.45, 7) is 4.95. The molecule has 328 valence electrons. The van der Waals surface area contributed by atoms with Crippen LogP contribution in [0.4, 0.5) is 4.39 Å². The normalized spacial score (nSPS) is 30.9. The molecule has 0 saturated heterocycles. The summed E-state index contributed by atoms with van der Waals surface area (Å²) in [6, 6.07) is -1.59. The molecule has 0 bridgehead atoms. The molecule has 1 amide bonds. The van der Waals surface area contributed by atoms with Crippen molar-refractivity contribution in [1.29, 1.82) is 0 Å². The Morgan fingerprint density at radius 3 is 2.25 bits per heavy atom. The van der Waals surface area contributed by atoms with Gasteiger partial charge in [0, 0.05) is 41.9 Å². The van der Waals surface area contributed by atoms with Crippen LogP contribution < -0.4 is 5.32 Å². The number of fused-ring (bicyclic) bond motifs is 5. The van der Waals surface area contributed by atoms with E-state index in [1.807, 2.05) is 6.08 Å². The number of carbonyl (C=O) groups is 6. The number of unbranched alkanes of at least 4 members (excludes halogenated alkanes) is 3. The van der Waals surface area contributed by atoms with Crippen LogP contribution in [0.15, 0.2) is 23.8 Å². The fourth-order valence-electron chi connectivity index (χ4n) is 9.82. The molecular weight excluding hydrogens is 785 g/mol. The van der Waals surface area contributed by atoms with Crippen molar-refractivity contribution in [3.8, 4) is 0 Å².